The van der Waals surface area contributed by atoms with Gasteiger partial charge in [-0.1, -0.05) is 0 Å². The standard InChI is InChI=1S/C6H7N3O/c7-2-1-3-10-9-5-6(9)4-8/h6H,1,3,5H2. The van der Waals surface area contributed by atoms with E-state index in [-0.39, 0.29) is 6.04 Å². The minimum atomic E-state index is -0.0707. The van der Waals surface area contributed by atoms with Crippen molar-refractivity contribution in [1.82, 2.24) is 5.06 Å². The number of hydrogen-bond donors (Lipinski definition) is 0. The average molecular weight is 137 g/mol. The predicted molar refractivity (Wildman–Crippen MR) is 32.3 cm³/mol. The lowest BCUT2D eigenvalue weighted by atomic mass is 10.5. The first-order chi connectivity index (χ1) is 4.88. The van der Waals surface area contributed by atoms with Crippen LogP contribution in [0.2, 0.25) is 0 Å². The van der Waals surface area contributed by atoms with Crippen molar-refractivity contribution in [3.05, 3.63) is 0 Å². The normalized spacial score (nSPS) is 28.6. The molecule has 0 radical (unpaired) electrons. The maximum Gasteiger partial charge on any atom is 0.137 e. The van der Waals surface area contributed by atoms with E-state index in [1.807, 2.05) is 12.1 Å². The van der Waals surface area contributed by atoms with Crippen LogP contribution in [0.4, 0.5) is 0 Å². The second kappa shape index (κ2) is 3.17. The molecule has 1 aliphatic rings. The summed E-state index contributed by atoms with van der Waals surface area (Å²) in [5.74, 6) is 0. The summed E-state index contributed by atoms with van der Waals surface area (Å²) in [5.41, 5.74) is 0. The van der Waals surface area contributed by atoms with E-state index >= 15 is 0 Å². The van der Waals surface area contributed by atoms with Crippen molar-refractivity contribution in [2.75, 3.05) is 13.2 Å². The highest BCUT2D eigenvalue weighted by Crippen LogP contribution is 2.15. The molecule has 1 fully saturated rings. The van der Waals surface area contributed by atoms with Crippen molar-refractivity contribution in [2.45, 2.75) is 12.5 Å². The monoisotopic (exact) mass is 137 g/mol. The highest BCUT2D eigenvalue weighted by Gasteiger charge is 2.35. The molecule has 0 aromatic rings. The molecule has 1 heterocycles. The van der Waals surface area contributed by atoms with Gasteiger partial charge in [0.25, 0.3) is 0 Å². The Morgan fingerprint density at radius 1 is 1.60 bits per heavy atom. The van der Waals surface area contributed by atoms with E-state index in [4.69, 9.17) is 15.4 Å². The molecule has 1 rings (SSSR count). The number of nitriles is 2. The molecular formula is C6H7N3O. The maximum atomic E-state index is 8.30. The Bertz CT molecular complexity index is 190. The first kappa shape index (κ1) is 7.01. The van der Waals surface area contributed by atoms with Gasteiger partial charge in [-0.15, -0.1) is 0 Å². The number of hydroxylamine groups is 2. The van der Waals surface area contributed by atoms with Crippen molar-refractivity contribution >= 4 is 0 Å². The molecule has 0 aromatic carbocycles. The largest absolute Gasteiger partial charge is 0.296 e. The van der Waals surface area contributed by atoms with Crippen LogP contribution in [-0.2, 0) is 4.84 Å². The summed E-state index contributed by atoms with van der Waals surface area (Å²) < 4.78 is 0. The summed E-state index contributed by atoms with van der Waals surface area (Å²) in [6.07, 6.45) is 0.384. The third-order valence-electron chi connectivity index (χ3n) is 1.19. The summed E-state index contributed by atoms with van der Waals surface area (Å²) in [6.45, 7) is 1.08. The van der Waals surface area contributed by atoms with Gasteiger partial charge in [-0.25, -0.2) is 0 Å². The van der Waals surface area contributed by atoms with Gasteiger partial charge in [0, 0.05) is 0 Å². The Morgan fingerprint density at radius 2 is 2.40 bits per heavy atom. The van der Waals surface area contributed by atoms with E-state index in [1.54, 1.807) is 5.06 Å². The van der Waals surface area contributed by atoms with Crippen LogP contribution in [0.5, 0.6) is 0 Å². The van der Waals surface area contributed by atoms with E-state index in [1.165, 1.54) is 0 Å². The molecule has 0 amide bonds. The molecule has 1 saturated heterocycles. The fourth-order valence-electron chi connectivity index (χ4n) is 0.580. The highest BCUT2D eigenvalue weighted by molar-refractivity contribution is 5.01. The SMILES string of the molecule is N#CCCON1CC1C#N. The molecule has 0 aromatic heterocycles. The van der Waals surface area contributed by atoms with Crippen molar-refractivity contribution in [3.8, 4) is 12.1 Å². The third kappa shape index (κ3) is 1.70. The summed E-state index contributed by atoms with van der Waals surface area (Å²) in [5, 5.41) is 18.0. The Balaban J connectivity index is 1.99. The molecule has 1 aliphatic heterocycles. The smallest absolute Gasteiger partial charge is 0.137 e. The van der Waals surface area contributed by atoms with Crippen LogP contribution >= 0.6 is 0 Å². The summed E-state index contributed by atoms with van der Waals surface area (Å²) >= 11 is 0. The molecule has 0 spiro atoms. The number of hydrogen-bond acceptors (Lipinski definition) is 4. The minimum Gasteiger partial charge on any atom is -0.296 e. The minimum absolute atomic E-state index is 0.0707. The number of nitrogens with zero attached hydrogens (tertiary/aromatic N) is 3. The predicted octanol–water partition coefficient (Wildman–Crippen LogP) is 0.0395. The van der Waals surface area contributed by atoms with Crippen molar-refractivity contribution in [3.63, 3.8) is 0 Å². The molecule has 0 saturated carbocycles. The van der Waals surface area contributed by atoms with Crippen LogP contribution in [-0.4, -0.2) is 24.3 Å². The molecule has 0 aliphatic carbocycles. The van der Waals surface area contributed by atoms with Gasteiger partial charge in [0.15, 0.2) is 0 Å². The van der Waals surface area contributed by atoms with E-state index in [2.05, 4.69) is 0 Å². The van der Waals surface area contributed by atoms with Crippen molar-refractivity contribution < 1.29 is 4.84 Å². The molecule has 0 bridgehead atoms. The molecular weight excluding hydrogens is 130 g/mol. The fraction of sp³-hybridized carbons (Fsp3) is 0.667. The van der Waals surface area contributed by atoms with Gasteiger partial charge in [0.05, 0.1) is 31.7 Å². The van der Waals surface area contributed by atoms with E-state index in [9.17, 15) is 0 Å². The Labute approximate surface area is 59.2 Å². The van der Waals surface area contributed by atoms with Gasteiger partial charge < -0.3 is 0 Å². The second-order valence-corrected chi connectivity index (χ2v) is 1.99. The van der Waals surface area contributed by atoms with Crippen molar-refractivity contribution in [2.24, 2.45) is 0 Å². The number of rotatable bonds is 3. The lowest BCUT2D eigenvalue weighted by Gasteiger charge is -1.96. The first-order valence-electron chi connectivity index (χ1n) is 3.04. The van der Waals surface area contributed by atoms with Crippen LogP contribution in [0.1, 0.15) is 6.42 Å². The fourth-order valence-corrected chi connectivity index (χ4v) is 0.580. The molecule has 2 atom stereocenters. The topological polar surface area (TPSA) is 59.8 Å². The molecule has 10 heavy (non-hydrogen) atoms. The molecule has 2 unspecified atom stereocenters. The quantitative estimate of drug-likeness (QED) is 0.407. The van der Waals surface area contributed by atoms with Gasteiger partial charge in [-0.05, 0) is 0 Å². The third-order valence-corrected chi connectivity index (χ3v) is 1.19. The molecule has 52 valence electrons. The van der Waals surface area contributed by atoms with Crippen LogP contribution in [0.15, 0.2) is 0 Å². The zero-order valence-electron chi connectivity index (χ0n) is 5.45. The first-order valence-corrected chi connectivity index (χ1v) is 3.04. The average Bonchev–Trinajstić information content (AvgIpc) is 2.68. The summed E-state index contributed by atoms with van der Waals surface area (Å²) in [7, 11) is 0. The zero-order chi connectivity index (χ0) is 7.40. The van der Waals surface area contributed by atoms with Gasteiger partial charge in [0.1, 0.15) is 6.04 Å². The van der Waals surface area contributed by atoms with Crippen LogP contribution in [0.3, 0.4) is 0 Å². The Kier molecular flexibility index (Phi) is 2.22. The lowest BCUT2D eigenvalue weighted by Crippen LogP contribution is -2.03. The molecule has 4 heteroatoms. The van der Waals surface area contributed by atoms with Crippen molar-refractivity contribution in [1.29, 1.82) is 10.5 Å². The summed E-state index contributed by atoms with van der Waals surface area (Å²) in [6, 6.07) is 3.91. The maximum absolute atomic E-state index is 8.30. The van der Waals surface area contributed by atoms with Crippen LogP contribution in [0.25, 0.3) is 0 Å². The lowest BCUT2D eigenvalue weighted by molar-refractivity contribution is -0.0675. The van der Waals surface area contributed by atoms with E-state index in [0.29, 0.717) is 19.6 Å². The van der Waals surface area contributed by atoms with Gasteiger partial charge >= 0.3 is 0 Å². The Morgan fingerprint density at radius 3 is 2.90 bits per heavy atom. The van der Waals surface area contributed by atoms with Crippen LogP contribution in [0, 0.1) is 22.7 Å². The van der Waals surface area contributed by atoms with Crippen LogP contribution < -0.4 is 0 Å². The van der Waals surface area contributed by atoms with Gasteiger partial charge in [0.2, 0.25) is 0 Å². The van der Waals surface area contributed by atoms with Gasteiger partial charge in [-0.2, -0.15) is 15.6 Å². The second-order valence-electron chi connectivity index (χ2n) is 1.99. The zero-order valence-corrected chi connectivity index (χ0v) is 5.45. The summed E-state index contributed by atoms with van der Waals surface area (Å²) in [4.78, 5) is 4.99. The van der Waals surface area contributed by atoms with E-state index < -0.39 is 0 Å². The molecule has 0 N–H and O–H groups in total. The Hall–Kier alpha value is -1.10. The highest BCUT2D eigenvalue weighted by atomic mass is 16.7. The molecule has 4 nitrogen and oxygen atoms in total. The van der Waals surface area contributed by atoms with E-state index in [0.717, 1.165) is 0 Å². The van der Waals surface area contributed by atoms with Gasteiger partial charge in [-0.3, -0.25) is 4.84 Å².